The molecule has 3 rings (SSSR count). The lowest BCUT2D eigenvalue weighted by molar-refractivity contribution is -0.120. The van der Waals surface area contributed by atoms with Crippen LogP contribution >= 0.6 is 11.6 Å². The number of rotatable bonds is 6. The molecule has 0 bridgehead atoms. The zero-order chi connectivity index (χ0) is 21.0. The smallest absolute Gasteiger partial charge is 0.281 e. The van der Waals surface area contributed by atoms with E-state index in [0.717, 1.165) is 0 Å². The Bertz CT molecular complexity index is 959. The van der Waals surface area contributed by atoms with Crippen molar-refractivity contribution in [2.45, 2.75) is 12.8 Å². The van der Waals surface area contributed by atoms with Crippen molar-refractivity contribution in [1.82, 2.24) is 8.61 Å². The fraction of sp³-hybridized carbons (Fsp3) is 0.350. The van der Waals surface area contributed by atoms with E-state index in [9.17, 15) is 13.2 Å². The van der Waals surface area contributed by atoms with Gasteiger partial charge in [-0.05, 0) is 43.2 Å². The molecule has 2 aromatic carbocycles. The van der Waals surface area contributed by atoms with Crippen LogP contribution in [0.15, 0.2) is 48.5 Å². The first kappa shape index (κ1) is 21.6. The highest BCUT2D eigenvalue weighted by molar-refractivity contribution is 7.86. The van der Waals surface area contributed by atoms with Crippen LogP contribution in [-0.4, -0.2) is 50.1 Å². The Labute approximate surface area is 176 Å². The number of hydrogen-bond donors (Lipinski definition) is 1. The van der Waals surface area contributed by atoms with Gasteiger partial charge in [0, 0.05) is 38.1 Å². The van der Waals surface area contributed by atoms with Gasteiger partial charge >= 0.3 is 0 Å². The van der Waals surface area contributed by atoms with Crippen LogP contribution in [0.1, 0.15) is 12.8 Å². The highest BCUT2D eigenvalue weighted by atomic mass is 35.5. The number of nitrogens with one attached hydrogen (secondary N) is 1. The van der Waals surface area contributed by atoms with Gasteiger partial charge < -0.3 is 10.1 Å². The lowest BCUT2D eigenvalue weighted by atomic mass is 9.97. The number of amides is 1. The average molecular weight is 438 g/mol. The van der Waals surface area contributed by atoms with Gasteiger partial charge in [-0.2, -0.15) is 17.0 Å². The first-order valence-electron chi connectivity index (χ1n) is 9.28. The van der Waals surface area contributed by atoms with Crippen molar-refractivity contribution >= 4 is 33.4 Å². The number of anilines is 1. The lowest BCUT2D eigenvalue weighted by Gasteiger charge is -2.32. The molecule has 0 unspecified atom stereocenters. The Morgan fingerprint density at radius 3 is 2.41 bits per heavy atom. The van der Waals surface area contributed by atoms with E-state index in [-0.39, 0.29) is 11.8 Å². The molecule has 1 aliphatic rings. The van der Waals surface area contributed by atoms with Crippen LogP contribution < -0.4 is 10.1 Å². The monoisotopic (exact) mass is 437 g/mol. The summed E-state index contributed by atoms with van der Waals surface area (Å²) in [5.41, 5.74) is 0.481. The molecule has 1 aliphatic heterocycles. The van der Waals surface area contributed by atoms with Crippen molar-refractivity contribution in [2.24, 2.45) is 5.92 Å². The molecule has 0 aliphatic carbocycles. The van der Waals surface area contributed by atoms with Crippen molar-refractivity contribution in [3.8, 4) is 11.5 Å². The summed E-state index contributed by atoms with van der Waals surface area (Å²) in [7, 11) is -0.454. The number of benzene rings is 2. The van der Waals surface area contributed by atoms with Crippen LogP contribution in [0.25, 0.3) is 0 Å². The Morgan fingerprint density at radius 1 is 1.14 bits per heavy atom. The minimum atomic E-state index is -3.46. The molecule has 9 heteroatoms. The minimum Gasteiger partial charge on any atom is -0.455 e. The molecule has 1 fully saturated rings. The maximum Gasteiger partial charge on any atom is 0.281 e. The summed E-state index contributed by atoms with van der Waals surface area (Å²) in [6.45, 7) is 0.614. The molecule has 1 N–H and O–H groups in total. The van der Waals surface area contributed by atoms with Crippen LogP contribution in [0.4, 0.5) is 5.69 Å². The second kappa shape index (κ2) is 9.13. The number of para-hydroxylation sites is 1. The minimum absolute atomic E-state index is 0.174. The second-order valence-electron chi connectivity index (χ2n) is 7.01. The summed E-state index contributed by atoms with van der Waals surface area (Å²) < 4.78 is 32.9. The molecule has 1 heterocycles. The number of nitrogens with zero attached hydrogens (tertiary/aromatic N) is 2. The van der Waals surface area contributed by atoms with E-state index in [1.54, 1.807) is 18.2 Å². The molecule has 29 heavy (non-hydrogen) atoms. The third kappa shape index (κ3) is 5.27. The molecule has 0 aromatic heterocycles. The first-order chi connectivity index (χ1) is 13.8. The molecule has 1 saturated heterocycles. The number of halogens is 1. The van der Waals surface area contributed by atoms with E-state index in [2.05, 4.69) is 5.32 Å². The fourth-order valence-electron chi connectivity index (χ4n) is 3.12. The zero-order valence-corrected chi connectivity index (χ0v) is 17.9. The molecular formula is C20H24ClN3O4S. The number of hydrogen-bond acceptors (Lipinski definition) is 4. The number of carbonyl (C=O) groups is 1. The van der Waals surface area contributed by atoms with Crippen molar-refractivity contribution in [1.29, 1.82) is 0 Å². The largest absolute Gasteiger partial charge is 0.455 e. The zero-order valence-electron chi connectivity index (χ0n) is 16.3. The maximum atomic E-state index is 12.8. The van der Waals surface area contributed by atoms with E-state index in [1.165, 1.54) is 22.7 Å². The van der Waals surface area contributed by atoms with Gasteiger partial charge in [-0.1, -0.05) is 29.8 Å². The quantitative estimate of drug-likeness (QED) is 0.749. The first-order valence-corrected chi connectivity index (χ1v) is 11.1. The van der Waals surface area contributed by atoms with Gasteiger partial charge in [-0.25, -0.2) is 0 Å². The van der Waals surface area contributed by atoms with Gasteiger partial charge in [-0.3, -0.25) is 4.79 Å². The van der Waals surface area contributed by atoms with Crippen molar-refractivity contribution in [3.05, 3.63) is 53.6 Å². The van der Waals surface area contributed by atoms with Gasteiger partial charge in [0.25, 0.3) is 10.2 Å². The Hall–Kier alpha value is -2.13. The van der Waals surface area contributed by atoms with Crippen LogP contribution in [0.2, 0.25) is 5.02 Å². The van der Waals surface area contributed by atoms with Crippen molar-refractivity contribution in [2.75, 3.05) is 32.5 Å². The Kier molecular flexibility index (Phi) is 6.79. The lowest BCUT2D eigenvalue weighted by Crippen LogP contribution is -2.46. The molecule has 1 amide bonds. The van der Waals surface area contributed by atoms with Gasteiger partial charge in [0.1, 0.15) is 5.75 Å². The topological polar surface area (TPSA) is 79.0 Å². The summed E-state index contributed by atoms with van der Waals surface area (Å²) >= 11 is 6.10. The highest BCUT2D eigenvalue weighted by Gasteiger charge is 2.32. The van der Waals surface area contributed by atoms with E-state index in [4.69, 9.17) is 16.3 Å². The Morgan fingerprint density at radius 2 is 1.79 bits per heavy atom. The predicted octanol–water partition coefficient (Wildman–Crippen LogP) is 3.59. The average Bonchev–Trinajstić information content (AvgIpc) is 2.70. The summed E-state index contributed by atoms with van der Waals surface area (Å²) in [4.78, 5) is 12.8. The maximum absolute atomic E-state index is 12.8. The Balaban J connectivity index is 1.68. The number of piperidine rings is 1. The molecule has 0 spiro atoms. The third-order valence-electron chi connectivity index (χ3n) is 4.78. The molecule has 0 atom stereocenters. The van der Waals surface area contributed by atoms with Crippen LogP contribution in [0.5, 0.6) is 11.5 Å². The normalized spacial score (nSPS) is 16.0. The van der Waals surface area contributed by atoms with E-state index in [0.29, 0.717) is 48.1 Å². The second-order valence-corrected chi connectivity index (χ2v) is 9.59. The third-order valence-corrected chi connectivity index (χ3v) is 6.96. The summed E-state index contributed by atoms with van der Waals surface area (Å²) in [5.74, 6) is 0.674. The molecule has 156 valence electrons. The number of ether oxygens (including phenoxy) is 1. The summed E-state index contributed by atoms with van der Waals surface area (Å²) in [6.07, 6.45) is 0.905. The molecular weight excluding hydrogens is 414 g/mol. The SMILES string of the molecule is CN(C)S(=O)(=O)N1CCC(C(=O)Nc2cc(Cl)ccc2Oc2ccccc2)CC1. The van der Waals surface area contributed by atoms with Crippen molar-refractivity contribution in [3.63, 3.8) is 0 Å². The van der Waals surface area contributed by atoms with E-state index >= 15 is 0 Å². The number of carbonyl (C=O) groups excluding carboxylic acids is 1. The summed E-state index contributed by atoms with van der Waals surface area (Å²) in [5, 5.41) is 3.37. The van der Waals surface area contributed by atoms with Gasteiger partial charge in [0.15, 0.2) is 5.75 Å². The van der Waals surface area contributed by atoms with Crippen LogP contribution in [0.3, 0.4) is 0 Å². The molecule has 2 aromatic rings. The van der Waals surface area contributed by atoms with Gasteiger partial charge in [-0.15, -0.1) is 0 Å². The molecule has 7 nitrogen and oxygen atoms in total. The predicted molar refractivity (Wildman–Crippen MR) is 114 cm³/mol. The van der Waals surface area contributed by atoms with Gasteiger partial charge in [0.05, 0.1) is 5.69 Å². The van der Waals surface area contributed by atoms with E-state index < -0.39 is 10.2 Å². The van der Waals surface area contributed by atoms with Crippen LogP contribution in [0, 0.1) is 5.92 Å². The summed E-state index contributed by atoms with van der Waals surface area (Å²) in [6, 6.07) is 14.3. The van der Waals surface area contributed by atoms with Crippen LogP contribution in [-0.2, 0) is 15.0 Å². The van der Waals surface area contributed by atoms with Crippen molar-refractivity contribution < 1.29 is 17.9 Å². The molecule has 0 saturated carbocycles. The highest BCUT2D eigenvalue weighted by Crippen LogP contribution is 2.33. The fourth-order valence-corrected chi connectivity index (χ4v) is 4.43. The van der Waals surface area contributed by atoms with Gasteiger partial charge in [0.2, 0.25) is 5.91 Å². The van der Waals surface area contributed by atoms with E-state index in [1.807, 2.05) is 30.3 Å². The standard InChI is InChI=1S/C20H24ClN3O4S/c1-23(2)29(26,27)24-12-10-15(11-13-24)20(25)22-18-14-16(21)8-9-19(18)28-17-6-4-3-5-7-17/h3-9,14-15H,10-13H2,1-2H3,(H,22,25). The molecule has 0 radical (unpaired) electrons.